The van der Waals surface area contributed by atoms with E-state index in [0.717, 1.165) is 6.07 Å². The van der Waals surface area contributed by atoms with E-state index in [1.165, 1.54) is 13.2 Å². The first kappa shape index (κ1) is 11.3. The molecule has 0 aliphatic carbocycles. The number of esters is 1. The summed E-state index contributed by atoms with van der Waals surface area (Å²) >= 11 is 0. The van der Waals surface area contributed by atoms with E-state index in [1.54, 1.807) is 30.1 Å². The Balaban J connectivity index is 2.48. The summed E-state index contributed by atoms with van der Waals surface area (Å²) in [4.78, 5) is 11.3. The summed E-state index contributed by atoms with van der Waals surface area (Å²) in [6, 6.07) is 5.76. The summed E-state index contributed by atoms with van der Waals surface area (Å²) < 4.78 is 19.5. The molecule has 1 aromatic carbocycles. The van der Waals surface area contributed by atoms with Crippen LogP contribution in [0.4, 0.5) is 4.39 Å². The number of methoxy groups -OCH3 is 1. The molecule has 88 valence electrons. The van der Waals surface area contributed by atoms with E-state index >= 15 is 0 Å². The van der Waals surface area contributed by atoms with Gasteiger partial charge in [0, 0.05) is 18.8 Å². The number of carbonyl (C=O) groups excluding carboxylic acids is 1. The number of aromatic nitrogens is 2. The molecule has 0 bridgehead atoms. The van der Waals surface area contributed by atoms with Gasteiger partial charge in [0.15, 0.2) is 0 Å². The second-order valence-corrected chi connectivity index (χ2v) is 3.59. The molecule has 0 saturated heterocycles. The van der Waals surface area contributed by atoms with E-state index in [0.29, 0.717) is 11.3 Å². The molecule has 2 rings (SSSR count). The quantitative estimate of drug-likeness (QED) is 0.746. The molecule has 2 aromatic rings. The Labute approximate surface area is 97.6 Å². The number of hydrogen-bond donors (Lipinski definition) is 0. The van der Waals surface area contributed by atoms with Gasteiger partial charge in [-0.25, -0.2) is 9.18 Å². The van der Waals surface area contributed by atoms with Crippen molar-refractivity contribution in [2.45, 2.75) is 0 Å². The van der Waals surface area contributed by atoms with Gasteiger partial charge in [-0.2, -0.15) is 5.10 Å². The molecule has 0 radical (unpaired) electrons. The summed E-state index contributed by atoms with van der Waals surface area (Å²) in [7, 11) is 3.03. The molecule has 17 heavy (non-hydrogen) atoms. The maximum Gasteiger partial charge on any atom is 0.337 e. The van der Waals surface area contributed by atoms with Crippen LogP contribution in [0, 0.1) is 5.82 Å². The Morgan fingerprint density at radius 2 is 2.18 bits per heavy atom. The van der Waals surface area contributed by atoms with E-state index in [2.05, 4.69) is 9.84 Å². The maximum atomic E-state index is 13.4. The van der Waals surface area contributed by atoms with Crippen LogP contribution < -0.4 is 0 Å². The Bertz CT molecular complexity index is 563. The fourth-order valence-corrected chi connectivity index (χ4v) is 1.54. The second-order valence-electron chi connectivity index (χ2n) is 3.59. The molecule has 0 aliphatic rings. The SMILES string of the molecule is COC(=O)c1cc(F)cc(-c2ccn(C)n2)c1. The lowest BCUT2D eigenvalue weighted by molar-refractivity contribution is 0.0600. The minimum absolute atomic E-state index is 0.174. The van der Waals surface area contributed by atoms with E-state index in [-0.39, 0.29) is 5.56 Å². The van der Waals surface area contributed by atoms with Crippen molar-refractivity contribution in [1.29, 1.82) is 0 Å². The molecular formula is C12H11FN2O2. The third kappa shape index (κ3) is 2.33. The zero-order valence-electron chi connectivity index (χ0n) is 9.48. The second kappa shape index (κ2) is 4.37. The van der Waals surface area contributed by atoms with Crippen molar-refractivity contribution in [2.24, 2.45) is 7.05 Å². The van der Waals surface area contributed by atoms with Crippen molar-refractivity contribution >= 4 is 5.97 Å². The van der Waals surface area contributed by atoms with Crippen LogP contribution in [0.15, 0.2) is 30.5 Å². The van der Waals surface area contributed by atoms with Gasteiger partial charge in [-0.1, -0.05) is 0 Å². The van der Waals surface area contributed by atoms with Crippen LogP contribution in [0.1, 0.15) is 10.4 Å². The van der Waals surface area contributed by atoms with Crippen LogP contribution >= 0.6 is 0 Å². The molecule has 0 saturated carbocycles. The molecule has 0 fully saturated rings. The van der Waals surface area contributed by atoms with Gasteiger partial charge in [-0.05, 0) is 24.3 Å². The molecule has 0 amide bonds. The lowest BCUT2D eigenvalue weighted by Crippen LogP contribution is -2.02. The molecule has 1 aromatic heterocycles. The van der Waals surface area contributed by atoms with Crippen LogP contribution in [0.5, 0.6) is 0 Å². The van der Waals surface area contributed by atoms with Gasteiger partial charge in [-0.3, -0.25) is 4.68 Å². The highest BCUT2D eigenvalue weighted by molar-refractivity contribution is 5.90. The first-order chi connectivity index (χ1) is 8.10. The first-order valence-corrected chi connectivity index (χ1v) is 4.99. The normalized spacial score (nSPS) is 10.3. The van der Waals surface area contributed by atoms with Crippen LogP contribution in [0.3, 0.4) is 0 Å². The minimum Gasteiger partial charge on any atom is -0.465 e. The van der Waals surface area contributed by atoms with Crippen molar-refractivity contribution in [3.05, 3.63) is 41.8 Å². The monoisotopic (exact) mass is 234 g/mol. The number of hydrogen-bond acceptors (Lipinski definition) is 3. The van der Waals surface area contributed by atoms with Crippen LogP contribution in [-0.2, 0) is 11.8 Å². The molecule has 5 heteroatoms. The molecule has 0 N–H and O–H groups in total. The molecule has 0 unspecified atom stereocenters. The van der Waals surface area contributed by atoms with Crippen molar-refractivity contribution in [1.82, 2.24) is 9.78 Å². The Morgan fingerprint density at radius 3 is 2.76 bits per heavy atom. The fourth-order valence-electron chi connectivity index (χ4n) is 1.54. The highest BCUT2D eigenvalue weighted by Crippen LogP contribution is 2.20. The fraction of sp³-hybridized carbons (Fsp3) is 0.167. The summed E-state index contributed by atoms with van der Waals surface area (Å²) in [5.41, 5.74) is 1.33. The van der Waals surface area contributed by atoms with Crippen LogP contribution in [-0.4, -0.2) is 22.9 Å². The van der Waals surface area contributed by atoms with Gasteiger partial charge in [0.05, 0.1) is 18.4 Å². The van der Waals surface area contributed by atoms with Gasteiger partial charge < -0.3 is 4.74 Å². The van der Waals surface area contributed by atoms with E-state index in [4.69, 9.17) is 0 Å². The largest absolute Gasteiger partial charge is 0.465 e. The van der Waals surface area contributed by atoms with Crippen molar-refractivity contribution in [2.75, 3.05) is 7.11 Å². The predicted molar refractivity (Wildman–Crippen MR) is 59.9 cm³/mol. The molecule has 4 nitrogen and oxygen atoms in total. The smallest absolute Gasteiger partial charge is 0.337 e. The third-order valence-electron chi connectivity index (χ3n) is 2.33. The van der Waals surface area contributed by atoms with Crippen LogP contribution in [0.25, 0.3) is 11.3 Å². The number of ether oxygens (including phenoxy) is 1. The highest BCUT2D eigenvalue weighted by Gasteiger charge is 2.11. The third-order valence-corrected chi connectivity index (χ3v) is 2.33. The average molecular weight is 234 g/mol. The molecule has 0 spiro atoms. The van der Waals surface area contributed by atoms with Crippen molar-refractivity contribution < 1.29 is 13.9 Å². The number of nitrogens with zero attached hydrogens (tertiary/aromatic N) is 2. The van der Waals surface area contributed by atoms with Gasteiger partial charge in [0.25, 0.3) is 0 Å². The van der Waals surface area contributed by atoms with E-state index < -0.39 is 11.8 Å². The summed E-state index contributed by atoms with van der Waals surface area (Å²) in [5, 5.41) is 4.15. The highest BCUT2D eigenvalue weighted by atomic mass is 19.1. The average Bonchev–Trinajstić information content (AvgIpc) is 2.74. The van der Waals surface area contributed by atoms with E-state index in [1.807, 2.05) is 0 Å². The Kier molecular flexibility index (Phi) is 2.91. The summed E-state index contributed by atoms with van der Waals surface area (Å²) in [6.07, 6.45) is 1.75. The first-order valence-electron chi connectivity index (χ1n) is 4.99. The Morgan fingerprint density at radius 1 is 1.41 bits per heavy atom. The molecule has 0 aliphatic heterocycles. The number of halogens is 1. The van der Waals surface area contributed by atoms with Gasteiger partial charge in [0.2, 0.25) is 0 Å². The number of aryl methyl sites for hydroxylation is 1. The number of benzene rings is 1. The Hall–Kier alpha value is -2.17. The molecular weight excluding hydrogens is 223 g/mol. The van der Waals surface area contributed by atoms with Crippen molar-refractivity contribution in [3.8, 4) is 11.3 Å². The minimum atomic E-state index is -0.568. The number of rotatable bonds is 2. The zero-order chi connectivity index (χ0) is 12.4. The summed E-state index contributed by atoms with van der Waals surface area (Å²) in [6.45, 7) is 0. The van der Waals surface area contributed by atoms with Crippen molar-refractivity contribution in [3.63, 3.8) is 0 Å². The summed E-state index contributed by atoms with van der Waals surface area (Å²) in [5.74, 6) is -1.06. The van der Waals surface area contributed by atoms with Gasteiger partial charge in [-0.15, -0.1) is 0 Å². The van der Waals surface area contributed by atoms with E-state index in [9.17, 15) is 9.18 Å². The van der Waals surface area contributed by atoms with Gasteiger partial charge in [0.1, 0.15) is 5.82 Å². The zero-order valence-corrected chi connectivity index (χ0v) is 9.48. The standard InChI is InChI=1S/C12H11FN2O2/c1-15-4-3-11(14-15)8-5-9(12(16)17-2)7-10(13)6-8/h3-7H,1-2H3. The number of carbonyl (C=O) groups is 1. The van der Waals surface area contributed by atoms with Crippen LogP contribution in [0.2, 0.25) is 0 Å². The van der Waals surface area contributed by atoms with Gasteiger partial charge >= 0.3 is 5.97 Å². The topological polar surface area (TPSA) is 44.1 Å². The predicted octanol–water partition coefficient (Wildman–Crippen LogP) is 2.01. The lowest BCUT2D eigenvalue weighted by Gasteiger charge is -2.02. The maximum absolute atomic E-state index is 13.4. The molecule has 1 heterocycles. The lowest BCUT2D eigenvalue weighted by atomic mass is 10.1. The molecule has 0 atom stereocenters.